The van der Waals surface area contributed by atoms with E-state index in [1.807, 2.05) is 27.7 Å². The first-order valence-corrected chi connectivity index (χ1v) is 8.97. The predicted octanol–water partition coefficient (Wildman–Crippen LogP) is 3.59. The first-order valence-electron chi connectivity index (χ1n) is 8.97. The number of benzene rings is 1. The summed E-state index contributed by atoms with van der Waals surface area (Å²) >= 11 is 0. The van der Waals surface area contributed by atoms with E-state index in [-0.39, 0.29) is 35.8 Å². The first kappa shape index (κ1) is 21.2. The maximum absolute atomic E-state index is 11.6. The molecule has 0 radical (unpaired) electrons. The summed E-state index contributed by atoms with van der Waals surface area (Å²) in [7, 11) is 0. The minimum atomic E-state index is -0.657. The van der Waals surface area contributed by atoms with Gasteiger partial charge in [0, 0.05) is 12.1 Å². The lowest BCUT2D eigenvalue weighted by Crippen LogP contribution is -2.35. The standard InChI is InChI=1S/C18H26N2O7/c1-10(2)25-9-15-18(26-11(3)4)16(12(5)27-15)17-13(19(21)22)7-6-8-14(17)20(23)24/h6-8,10-12,15-16,18H,9H2,1-5H3/t12-,15+,16-,18?/m0/s1. The number of ether oxygens (including phenoxy) is 3. The van der Waals surface area contributed by atoms with Gasteiger partial charge >= 0.3 is 0 Å². The van der Waals surface area contributed by atoms with Crippen LogP contribution in [0.15, 0.2) is 18.2 Å². The molecule has 0 spiro atoms. The Bertz CT molecular complexity index is 660. The van der Waals surface area contributed by atoms with Crippen molar-refractivity contribution in [3.63, 3.8) is 0 Å². The maximum atomic E-state index is 11.6. The smallest absolute Gasteiger partial charge is 0.279 e. The minimum Gasteiger partial charge on any atom is -0.376 e. The summed E-state index contributed by atoms with van der Waals surface area (Å²) in [6.45, 7) is 9.45. The van der Waals surface area contributed by atoms with Crippen molar-refractivity contribution in [2.45, 2.75) is 71.1 Å². The van der Waals surface area contributed by atoms with E-state index in [1.165, 1.54) is 18.2 Å². The van der Waals surface area contributed by atoms with Crippen molar-refractivity contribution in [2.24, 2.45) is 0 Å². The van der Waals surface area contributed by atoms with E-state index < -0.39 is 34.1 Å². The quantitative estimate of drug-likeness (QED) is 0.498. The van der Waals surface area contributed by atoms with Crippen LogP contribution in [0.25, 0.3) is 0 Å². The van der Waals surface area contributed by atoms with Crippen molar-refractivity contribution >= 4 is 11.4 Å². The molecule has 1 unspecified atom stereocenters. The fourth-order valence-electron chi connectivity index (χ4n) is 3.44. The lowest BCUT2D eigenvalue weighted by atomic mass is 9.86. The van der Waals surface area contributed by atoms with Crippen molar-refractivity contribution in [2.75, 3.05) is 6.61 Å². The molecule has 9 heteroatoms. The number of rotatable bonds is 8. The van der Waals surface area contributed by atoms with Crippen LogP contribution in [0.2, 0.25) is 0 Å². The molecular weight excluding hydrogens is 356 g/mol. The zero-order valence-electron chi connectivity index (χ0n) is 16.2. The highest BCUT2D eigenvalue weighted by molar-refractivity contribution is 5.57. The average molecular weight is 382 g/mol. The average Bonchev–Trinajstić information content (AvgIpc) is 2.86. The molecule has 0 aliphatic carbocycles. The topological polar surface area (TPSA) is 114 Å². The van der Waals surface area contributed by atoms with Gasteiger partial charge in [-0.3, -0.25) is 20.2 Å². The van der Waals surface area contributed by atoms with E-state index in [1.54, 1.807) is 6.92 Å². The monoisotopic (exact) mass is 382 g/mol. The molecule has 1 saturated heterocycles. The van der Waals surface area contributed by atoms with Crippen LogP contribution in [-0.2, 0) is 14.2 Å². The molecule has 9 nitrogen and oxygen atoms in total. The van der Waals surface area contributed by atoms with E-state index in [2.05, 4.69) is 0 Å². The fraction of sp³-hybridized carbons (Fsp3) is 0.667. The Hall–Kier alpha value is -2.10. The van der Waals surface area contributed by atoms with E-state index in [9.17, 15) is 20.2 Å². The summed E-state index contributed by atoms with van der Waals surface area (Å²) in [4.78, 5) is 21.9. The van der Waals surface area contributed by atoms with Crippen molar-refractivity contribution in [1.82, 2.24) is 0 Å². The van der Waals surface area contributed by atoms with Gasteiger partial charge in [-0.1, -0.05) is 0 Å². The summed E-state index contributed by atoms with van der Waals surface area (Å²) in [6, 6.07) is 3.87. The van der Waals surface area contributed by atoms with E-state index >= 15 is 0 Å². The third-order valence-electron chi connectivity index (χ3n) is 4.43. The molecule has 1 aliphatic heterocycles. The van der Waals surface area contributed by atoms with Gasteiger partial charge in [-0.15, -0.1) is 0 Å². The minimum absolute atomic E-state index is 0.0250. The zero-order valence-corrected chi connectivity index (χ0v) is 16.2. The van der Waals surface area contributed by atoms with Crippen LogP contribution in [0.1, 0.15) is 46.1 Å². The van der Waals surface area contributed by atoms with Crippen LogP contribution in [0, 0.1) is 20.2 Å². The molecule has 1 heterocycles. The van der Waals surface area contributed by atoms with E-state index in [0.29, 0.717) is 0 Å². The Labute approximate surface area is 157 Å². The summed E-state index contributed by atoms with van der Waals surface area (Å²) < 4.78 is 17.6. The van der Waals surface area contributed by atoms with Gasteiger partial charge in [0.2, 0.25) is 0 Å². The van der Waals surface area contributed by atoms with Crippen molar-refractivity contribution in [1.29, 1.82) is 0 Å². The summed E-state index contributed by atoms with van der Waals surface area (Å²) in [6.07, 6.45) is -1.79. The predicted molar refractivity (Wildman–Crippen MR) is 97.9 cm³/mol. The highest BCUT2D eigenvalue weighted by atomic mass is 16.6. The van der Waals surface area contributed by atoms with E-state index in [4.69, 9.17) is 14.2 Å². The molecule has 0 amide bonds. The number of nitro groups is 2. The number of nitro benzene ring substituents is 2. The van der Waals surface area contributed by atoms with Crippen molar-refractivity contribution in [3.05, 3.63) is 44.0 Å². The van der Waals surface area contributed by atoms with Gasteiger partial charge < -0.3 is 14.2 Å². The normalized spacial score (nSPS) is 25.3. The summed E-state index contributed by atoms with van der Waals surface area (Å²) in [5.74, 6) is -0.657. The second-order valence-electron chi connectivity index (χ2n) is 7.16. The van der Waals surface area contributed by atoms with Gasteiger partial charge in [-0.05, 0) is 40.7 Å². The first-order chi connectivity index (χ1) is 12.6. The van der Waals surface area contributed by atoms with Gasteiger partial charge in [0.25, 0.3) is 11.4 Å². The Morgan fingerprint density at radius 2 is 1.63 bits per heavy atom. The van der Waals surface area contributed by atoms with Crippen LogP contribution in [0.3, 0.4) is 0 Å². The van der Waals surface area contributed by atoms with Crippen LogP contribution in [0.5, 0.6) is 0 Å². The van der Waals surface area contributed by atoms with E-state index in [0.717, 1.165) is 0 Å². The molecule has 0 bridgehead atoms. The molecule has 1 aliphatic rings. The highest BCUT2D eigenvalue weighted by Crippen LogP contribution is 2.45. The molecule has 4 atom stereocenters. The SMILES string of the molecule is CC(C)OC[C@H]1O[C@@H](C)[C@@H](c2c([N+](=O)[O-])cccc2[N+](=O)[O-])C1OC(C)C. The van der Waals surface area contributed by atoms with Crippen molar-refractivity contribution < 1.29 is 24.1 Å². The van der Waals surface area contributed by atoms with Crippen LogP contribution in [-0.4, -0.2) is 47.0 Å². The second-order valence-corrected chi connectivity index (χ2v) is 7.16. The van der Waals surface area contributed by atoms with Crippen LogP contribution < -0.4 is 0 Å². The highest BCUT2D eigenvalue weighted by Gasteiger charge is 2.49. The van der Waals surface area contributed by atoms with Gasteiger partial charge in [0.1, 0.15) is 11.7 Å². The number of hydrogen-bond acceptors (Lipinski definition) is 7. The van der Waals surface area contributed by atoms with Gasteiger partial charge in [-0.2, -0.15) is 0 Å². The Morgan fingerprint density at radius 1 is 1.07 bits per heavy atom. The molecule has 1 aromatic rings. The Morgan fingerprint density at radius 3 is 2.07 bits per heavy atom. The molecule has 2 rings (SSSR count). The lowest BCUT2D eigenvalue weighted by Gasteiger charge is -2.26. The molecule has 1 aromatic carbocycles. The maximum Gasteiger partial charge on any atom is 0.279 e. The molecule has 150 valence electrons. The third kappa shape index (κ3) is 4.79. The van der Waals surface area contributed by atoms with Gasteiger partial charge in [0.15, 0.2) is 0 Å². The van der Waals surface area contributed by atoms with Crippen LogP contribution in [0.4, 0.5) is 11.4 Å². The molecule has 1 fully saturated rings. The molecule has 0 saturated carbocycles. The molecule has 27 heavy (non-hydrogen) atoms. The fourth-order valence-corrected chi connectivity index (χ4v) is 3.44. The second kappa shape index (κ2) is 8.73. The Balaban J connectivity index is 2.53. The molecule has 0 aromatic heterocycles. The molecular formula is C18H26N2O7. The molecule has 0 N–H and O–H groups in total. The Kier molecular flexibility index (Phi) is 6.85. The third-order valence-corrected chi connectivity index (χ3v) is 4.43. The zero-order chi connectivity index (χ0) is 20.3. The number of nitrogens with zero attached hydrogens (tertiary/aromatic N) is 2. The summed E-state index contributed by atoms with van der Waals surface area (Å²) in [5.41, 5.74) is -0.558. The van der Waals surface area contributed by atoms with Crippen molar-refractivity contribution in [3.8, 4) is 0 Å². The lowest BCUT2D eigenvalue weighted by molar-refractivity contribution is -0.396. The largest absolute Gasteiger partial charge is 0.376 e. The van der Waals surface area contributed by atoms with Gasteiger partial charge in [0.05, 0.1) is 46.8 Å². The summed E-state index contributed by atoms with van der Waals surface area (Å²) in [5, 5.41) is 23.1. The van der Waals surface area contributed by atoms with Crippen LogP contribution >= 0.6 is 0 Å². The number of hydrogen-bond donors (Lipinski definition) is 0. The van der Waals surface area contributed by atoms with Gasteiger partial charge in [-0.25, -0.2) is 0 Å².